The van der Waals surface area contributed by atoms with Crippen molar-refractivity contribution in [2.75, 3.05) is 0 Å². The van der Waals surface area contributed by atoms with Gasteiger partial charge in [0.1, 0.15) is 0 Å². The molecule has 11 heavy (non-hydrogen) atoms. The Bertz CT molecular complexity index is 158. The van der Waals surface area contributed by atoms with E-state index in [-0.39, 0.29) is 0 Å². The van der Waals surface area contributed by atoms with Gasteiger partial charge in [-0.1, -0.05) is 0 Å². The van der Waals surface area contributed by atoms with Crippen LogP contribution in [0.4, 0.5) is 0 Å². The molecule has 64 valence electrons. The summed E-state index contributed by atoms with van der Waals surface area (Å²) < 4.78 is 0. The van der Waals surface area contributed by atoms with Gasteiger partial charge in [-0.2, -0.15) is 0 Å². The van der Waals surface area contributed by atoms with Crippen LogP contribution in [-0.4, -0.2) is 10.7 Å². The summed E-state index contributed by atoms with van der Waals surface area (Å²) in [5, 5.41) is 9.99. The van der Waals surface area contributed by atoms with Gasteiger partial charge in [-0.25, -0.2) is 0 Å². The Balaban J connectivity index is 2.23. The molecule has 2 bridgehead atoms. The molecule has 2 fully saturated rings. The lowest BCUT2D eigenvalue weighted by atomic mass is 9.71. The molecule has 0 aromatic carbocycles. The lowest BCUT2D eigenvalue weighted by molar-refractivity contribution is -0.0500. The van der Waals surface area contributed by atoms with Gasteiger partial charge in [0.15, 0.2) is 0 Å². The Kier molecular flexibility index (Phi) is 1.39. The minimum Gasteiger partial charge on any atom is -0.390 e. The summed E-state index contributed by atoms with van der Waals surface area (Å²) in [4.78, 5) is 0. The van der Waals surface area contributed by atoms with Crippen LogP contribution in [0.3, 0.4) is 0 Å². The third-order valence-electron chi connectivity index (χ3n) is 4.04. The number of rotatable bonds is 1. The standard InChI is InChI=1S/C10H18O/c1-9(2,11)10-5-3-8(7-10)4-6-10/h8,11H,3-7H2,1-2H3. The van der Waals surface area contributed by atoms with Crippen LogP contribution >= 0.6 is 0 Å². The summed E-state index contributed by atoms with van der Waals surface area (Å²) in [6, 6.07) is 0. The Morgan fingerprint density at radius 2 is 1.82 bits per heavy atom. The molecule has 0 unspecified atom stereocenters. The van der Waals surface area contributed by atoms with Gasteiger partial charge in [-0.3, -0.25) is 0 Å². The molecule has 0 spiro atoms. The number of hydrogen-bond donors (Lipinski definition) is 1. The number of hydrogen-bond acceptors (Lipinski definition) is 1. The van der Waals surface area contributed by atoms with E-state index in [1.54, 1.807) is 0 Å². The molecule has 0 aliphatic heterocycles. The lowest BCUT2D eigenvalue weighted by Crippen LogP contribution is -2.40. The highest BCUT2D eigenvalue weighted by Crippen LogP contribution is 2.59. The van der Waals surface area contributed by atoms with Crippen molar-refractivity contribution >= 4 is 0 Å². The Morgan fingerprint density at radius 3 is 2.00 bits per heavy atom. The molecule has 0 aromatic heterocycles. The zero-order chi connectivity index (χ0) is 8.11. The second-order valence-corrected chi connectivity index (χ2v) is 4.99. The molecule has 0 atom stereocenters. The normalized spacial score (nSPS) is 43.4. The van der Waals surface area contributed by atoms with E-state index in [1.165, 1.54) is 32.1 Å². The molecule has 0 radical (unpaired) electrons. The first-order valence-corrected chi connectivity index (χ1v) is 4.76. The first-order valence-electron chi connectivity index (χ1n) is 4.76. The summed E-state index contributed by atoms with van der Waals surface area (Å²) in [6.07, 6.45) is 6.55. The summed E-state index contributed by atoms with van der Waals surface area (Å²) in [5.74, 6) is 0.946. The molecule has 2 aliphatic carbocycles. The van der Waals surface area contributed by atoms with E-state index in [0.717, 1.165) is 5.92 Å². The van der Waals surface area contributed by atoms with E-state index in [4.69, 9.17) is 0 Å². The summed E-state index contributed by atoms with van der Waals surface area (Å²) in [6.45, 7) is 3.97. The Hall–Kier alpha value is -0.0400. The second kappa shape index (κ2) is 2.01. The van der Waals surface area contributed by atoms with Crippen molar-refractivity contribution in [2.45, 2.75) is 51.6 Å². The fraction of sp³-hybridized carbons (Fsp3) is 1.00. The molecule has 0 heterocycles. The van der Waals surface area contributed by atoms with Crippen molar-refractivity contribution < 1.29 is 5.11 Å². The maximum absolute atomic E-state index is 9.99. The van der Waals surface area contributed by atoms with Gasteiger partial charge in [0, 0.05) is 0 Å². The van der Waals surface area contributed by atoms with Crippen molar-refractivity contribution in [3.8, 4) is 0 Å². The van der Waals surface area contributed by atoms with Crippen LogP contribution in [0.15, 0.2) is 0 Å². The van der Waals surface area contributed by atoms with Gasteiger partial charge in [-0.15, -0.1) is 0 Å². The van der Waals surface area contributed by atoms with Gasteiger partial charge in [0.2, 0.25) is 0 Å². The van der Waals surface area contributed by atoms with E-state index in [0.29, 0.717) is 5.41 Å². The van der Waals surface area contributed by atoms with E-state index in [1.807, 2.05) is 13.8 Å². The Morgan fingerprint density at radius 1 is 1.27 bits per heavy atom. The molecule has 2 saturated carbocycles. The summed E-state index contributed by atoms with van der Waals surface area (Å²) >= 11 is 0. The highest BCUT2D eigenvalue weighted by Gasteiger charge is 2.52. The highest BCUT2D eigenvalue weighted by molar-refractivity contribution is 5.03. The molecule has 0 aromatic rings. The average Bonchev–Trinajstić information content (AvgIpc) is 2.42. The van der Waals surface area contributed by atoms with Crippen molar-refractivity contribution in [2.24, 2.45) is 11.3 Å². The molecule has 1 heteroatoms. The number of aliphatic hydroxyl groups is 1. The third-order valence-corrected chi connectivity index (χ3v) is 4.04. The maximum Gasteiger partial charge on any atom is 0.0647 e. The van der Waals surface area contributed by atoms with Crippen molar-refractivity contribution in [3.63, 3.8) is 0 Å². The van der Waals surface area contributed by atoms with Crippen molar-refractivity contribution in [3.05, 3.63) is 0 Å². The molecule has 0 saturated heterocycles. The van der Waals surface area contributed by atoms with Crippen LogP contribution in [0.25, 0.3) is 0 Å². The molecule has 1 N–H and O–H groups in total. The van der Waals surface area contributed by atoms with Gasteiger partial charge in [0.25, 0.3) is 0 Å². The molecule has 1 nitrogen and oxygen atoms in total. The fourth-order valence-electron chi connectivity index (χ4n) is 3.05. The van der Waals surface area contributed by atoms with E-state index >= 15 is 0 Å². The smallest absolute Gasteiger partial charge is 0.0647 e. The van der Waals surface area contributed by atoms with Gasteiger partial charge in [0.05, 0.1) is 5.60 Å². The van der Waals surface area contributed by atoms with Crippen LogP contribution in [-0.2, 0) is 0 Å². The van der Waals surface area contributed by atoms with Gasteiger partial charge >= 0.3 is 0 Å². The van der Waals surface area contributed by atoms with Crippen molar-refractivity contribution in [1.29, 1.82) is 0 Å². The molecule has 2 rings (SSSR count). The molecule has 2 aliphatic rings. The highest BCUT2D eigenvalue weighted by atomic mass is 16.3. The van der Waals surface area contributed by atoms with Crippen LogP contribution in [0, 0.1) is 11.3 Å². The van der Waals surface area contributed by atoms with Crippen LogP contribution < -0.4 is 0 Å². The summed E-state index contributed by atoms with van der Waals surface area (Å²) in [5.41, 5.74) is -0.129. The zero-order valence-electron chi connectivity index (χ0n) is 7.56. The average molecular weight is 154 g/mol. The summed E-state index contributed by atoms with van der Waals surface area (Å²) in [7, 11) is 0. The first kappa shape index (κ1) is 7.60. The topological polar surface area (TPSA) is 20.2 Å². The second-order valence-electron chi connectivity index (χ2n) is 4.99. The predicted octanol–water partition coefficient (Wildman–Crippen LogP) is 2.34. The minimum absolute atomic E-state index is 0.303. The SMILES string of the molecule is CC(C)(O)C12CCC(CC1)C2. The quantitative estimate of drug-likeness (QED) is 0.614. The maximum atomic E-state index is 9.99. The molecular formula is C10H18O. The van der Waals surface area contributed by atoms with E-state index < -0.39 is 5.60 Å². The molecular weight excluding hydrogens is 136 g/mol. The third kappa shape index (κ3) is 0.936. The first-order chi connectivity index (χ1) is 5.04. The predicted molar refractivity (Wildman–Crippen MR) is 45.3 cm³/mol. The van der Waals surface area contributed by atoms with Crippen LogP contribution in [0.5, 0.6) is 0 Å². The zero-order valence-corrected chi connectivity index (χ0v) is 7.56. The molecule has 0 amide bonds. The number of fused-ring (bicyclic) bond motifs is 2. The monoisotopic (exact) mass is 154 g/mol. The minimum atomic E-state index is -0.432. The van der Waals surface area contributed by atoms with Crippen LogP contribution in [0.1, 0.15) is 46.0 Å². The van der Waals surface area contributed by atoms with Crippen LogP contribution in [0.2, 0.25) is 0 Å². The Labute approximate surface area is 68.8 Å². The van der Waals surface area contributed by atoms with Crippen molar-refractivity contribution in [1.82, 2.24) is 0 Å². The van der Waals surface area contributed by atoms with E-state index in [2.05, 4.69) is 0 Å². The largest absolute Gasteiger partial charge is 0.390 e. The van der Waals surface area contributed by atoms with E-state index in [9.17, 15) is 5.11 Å². The van der Waals surface area contributed by atoms with Gasteiger partial charge < -0.3 is 5.11 Å². The van der Waals surface area contributed by atoms with Gasteiger partial charge in [-0.05, 0) is 57.3 Å². The fourth-order valence-corrected chi connectivity index (χ4v) is 3.05. The lowest BCUT2D eigenvalue weighted by Gasteiger charge is -2.38.